The Balaban J connectivity index is 1.72. The van der Waals surface area contributed by atoms with Crippen molar-refractivity contribution in [2.75, 3.05) is 13.1 Å². The van der Waals surface area contributed by atoms with Crippen LogP contribution in [0, 0.1) is 6.92 Å². The van der Waals surface area contributed by atoms with E-state index in [2.05, 4.69) is 10.3 Å². The van der Waals surface area contributed by atoms with Gasteiger partial charge < -0.3 is 5.32 Å². The van der Waals surface area contributed by atoms with E-state index < -0.39 is 10.0 Å². The van der Waals surface area contributed by atoms with Gasteiger partial charge in [0.2, 0.25) is 10.0 Å². The molecule has 1 N–H and O–H groups in total. The zero-order chi connectivity index (χ0) is 21.7. The highest BCUT2D eigenvalue weighted by Gasteiger charge is 2.21. The quantitative estimate of drug-likeness (QED) is 0.569. The van der Waals surface area contributed by atoms with Gasteiger partial charge in [-0.1, -0.05) is 56.3 Å². The number of hydrogen-bond donors (Lipinski definition) is 1. The van der Waals surface area contributed by atoms with Crippen molar-refractivity contribution in [1.29, 1.82) is 0 Å². The van der Waals surface area contributed by atoms with Gasteiger partial charge in [0.05, 0.1) is 15.6 Å². The fourth-order valence-electron chi connectivity index (χ4n) is 3.13. The number of hydrogen-bond acceptors (Lipinski definition) is 5. The summed E-state index contributed by atoms with van der Waals surface area (Å²) in [5.41, 5.74) is 2.40. The van der Waals surface area contributed by atoms with Crippen LogP contribution in [0.2, 0.25) is 0 Å². The second-order valence-corrected chi connectivity index (χ2v) is 9.83. The van der Waals surface area contributed by atoms with Gasteiger partial charge in [-0.05, 0) is 24.6 Å². The predicted octanol–water partition coefficient (Wildman–Crippen LogP) is 4.08. The molecule has 0 bridgehead atoms. The number of thiazole rings is 1. The molecule has 3 aromatic rings. The van der Waals surface area contributed by atoms with E-state index in [9.17, 15) is 13.2 Å². The van der Waals surface area contributed by atoms with Crippen molar-refractivity contribution in [3.05, 3.63) is 70.0 Å². The zero-order valence-electron chi connectivity index (χ0n) is 17.3. The molecule has 2 aromatic carbocycles. The van der Waals surface area contributed by atoms with E-state index in [0.29, 0.717) is 30.2 Å². The van der Waals surface area contributed by atoms with Gasteiger partial charge in [0.1, 0.15) is 4.88 Å². The number of carbonyl (C=O) groups is 1. The largest absolute Gasteiger partial charge is 0.347 e. The molecule has 0 saturated heterocycles. The van der Waals surface area contributed by atoms with Crippen LogP contribution in [0.3, 0.4) is 0 Å². The van der Waals surface area contributed by atoms with Gasteiger partial charge in [0, 0.05) is 25.2 Å². The summed E-state index contributed by atoms with van der Waals surface area (Å²) in [6, 6.07) is 16.2. The number of nitrogens with zero attached hydrogens (tertiary/aromatic N) is 2. The van der Waals surface area contributed by atoms with Crippen LogP contribution in [-0.4, -0.2) is 36.7 Å². The van der Waals surface area contributed by atoms with E-state index in [0.717, 1.165) is 16.1 Å². The number of sulfonamides is 1. The molecule has 0 saturated carbocycles. The average Bonchev–Trinajstić information content (AvgIpc) is 3.15. The van der Waals surface area contributed by atoms with E-state index in [-0.39, 0.29) is 10.8 Å². The van der Waals surface area contributed by atoms with E-state index in [1.165, 1.54) is 15.6 Å². The molecule has 8 heteroatoms. The molecule has 0 radical (unpaired) electrons. The molecule has 0 atom stereocenters. The topological polar surface area (TPSA) is 79.4 Å². The lowest BCUT2D eigenvalue weighted by Crippen LogP contribution is -2.30. The molecule has 1 heterocycles. The third-order valence-corrected chi connectivity index (χ3v) is 7.74. The van der Waals surface area contributed by atoms with Crippen LogP contribution in [0.15, 0.2) is 59.5 Å². The SMILES string of the molecule is CCN(CC)S(=O)(=O)c1ccc(CNC(=O)c2sc(C)nc2-c2ccccc2)cc1. The smallest absolute Gasteiger partial charge is 0.263 e. The number of nitrogens with one attached hydrogen (secondary N) is 1. The average molecular weight is 444 g/mol. The van der Waals surface area contributed by atoms with Crippen molar-refractivity contribution in [2.45, 2.75) is 32.2 Å². The normalized spacial score (nSPS) is 11.6. The monoisotopic (exact) mass is 443 g/mol. The van der Waals surface area contributed by atoms with Crippen molar-refractivity contribution in [1.82, 2.24) is 14.6 Å². The Morgan fingerprint density at radius 1 is 1.03 bits per heavy atom. The first-order valence-corrected chi connectivity index (χ1v) is 12.0. The number of aryl methyl sites for hydroxylation is 1. The van der Waals surface area contributed by atoms with Crippen molar-refractivity contribution in [3.8, 4) is 11.3 Å². The lowest BCUT2D eigenvalue weighted by atomic mass is 10.1. The standard InChI is InChI=1S/C22H25N3O3S2/c1-4-25(5-2)30(27,28)19-13-11-17(12-14-19)15-23-22(26)21-20(24-16(3)29-21)18-9-7-6-8-10-18/h6-14H,4-5,15H2,1-3H3,(H,23,26). The third-order valence-electron chi connectivity index (χ3n) is 4.71. The van der Waals surface area contributed by atoms with Crippen LogP contribution in [0.25, 0.3) is 11.3 Å². The predicted molar refractivity (Wildman–Crippen MR) is 120 cm³/mol. The fraction of sp³-hybridized carbons (Fsp3) is 0.273. The summed E-state index contributed by atoms with van der Waals surface area (Å²) in [6.45, 7) is 6.66. The van der Waals surface area contributed by atoms with Gasteiger partial charge in [-0.2, -0.15) is 4.31 Å². The van der Waals surface area contributed by atoms with Gasteiger partial charge in [-0.3, -0.25) is 4.79 Å². The first-order chi connectivity index (χ1) is 14.4. The number of aromatic nitrogens is 1. The van der Waals surface area contributed by atoms with Crippen molar-refractivity contribution < 1.29 is 13.2 Å². The molecule has 1 amide bonds. The maximum atomic E-state index is 12.8. The zero-order valence-corrected chi connectivity index (χ0v) is 18.9. The van der Waals surface area contributed by atoms with Gasteiger partial charge >= 0.3 is 0 Å². The van der Waals surface area contributed by atoms with Crippen molar-refractivity contribution >= 4 is 27.3 Å². The minimum absolute atomic E-state index is 0.195. The Bertz CT molecular complexity index is 1100. The van der Waals surface area contributed by atoms with Crippen LogP contribution in [0.5, 0.6) is 0 Å². The summed E-state index contributed by atoms with van der Waals surface area (Å²) < 4.78 is 26.6. The summed E-state index contributed by atoms with van der Waals surface area (Å²) in [7, 11) is -3.49. The van der Waals surface area contributed by atoms with Crippen LogP contribution in [0.1, 0.15) is 34.1 Å². The second kappa shape index (κ2) is 9.51. The number of amides is 1. The molecular formula is C22H25N3O3S2. The molecule has 6 nitrogen and oxygen atoms in total. The summed E-state index contributed by atoms with van der Waals surface area (Å²) in [4.78, 5) is 18.1. The summed E-state index contributed by atoms with van der Waals surface area (Å²) >= 11 is 1.36. The van der Waals surface area contributed by atoms with Crippen LogP contribution in [-0.2, 0) is 16.6 Å². The molecule has 1 aromatic heterocycles. The molecule has 0 fully saturated rings. The van der Waals surface area contributed by atoms with Gasteiger partial charge in [0.25, 0.3) is 5.91 Å². The number of rotatable bonds is 8. The van der Waals surface area contributed by atoms with Crippen LogP contribution < -0.4 is 5.32 Å². The van der Waals surface area contributed by atoms with Gasteiger partial charge in [0.15, 0.2) is 0 Å². The molecular weight excluding hydrogens is 418 g/mol. The lowest BCUT2D eigenvalue weighted by molar-refractivity contribution is 0.0955. The number of carbonyl (C=O) groups excluding carboxylic acids is 1. The fourth-order valence-corrected chi connectivity index (χ4v) is 5.44. The highest BCUT2D eigenvalue weighted by atomic mass is 32.2. The van der Waals surface area contributed by atoms with E-state index in [4.69, 9.17) is 0 Å². The molecule has 0 aliphatic carbocycles. The Labute approximate surface area is 181 Å². The van der Waals surface area contributed by atoms with Crippen LogP contribution in [0.4, 0.5) is 0 Å². The molecule has 0 unspecified atom stereocenters. The highest BCUT2D eigenvalue weighted by Crippen LogP contribution is 2.28. The Morgan fingerprint density at radius 2 is 1.67 bits per heavy atom. The summed E-state index contributed by atoms with van der Waals surface area (Å²) in [6.07, 6.45) is 0. The summed E-state index contributed by atoms with van der Waals surface area (Å²) in [5.74, 6) is -0.195. The Hall–Kier alpha value is -2.55. The lowest BCUT2D eigenvalue weighted by Gasteiger charge is -2.18. The first-order valence-electron chi connectivity index (χ1n) is 9.77. The van der Waals surface area contributed by atoms with Gasteiger partial charge in [-0.15, -0.1) is 11.3 Å². The van der Waals surface area contributed by atoms with Crippen molar-refractivity contribution in [3.63, 3.8) is 0 Å². The van der Waals surface area contributed by atoms with Crippen LogP contribution >= 0.6 is 11.3 Å². The molecule has 3 rings (SSSR count). The minimum atomic E-state index is -3.49. The Morgan fingerprint density at radius 3 is 2.27 bits per heavy atom. The molecule has 30 heavy (non-hydrogen) atoms. The maximum absolute atomic E-state index is 12.8. The molecule has 0 aliphatic heterocycles. The number of benzene rings is 2. The van der Waals surface area contributed by atoms with Gasteiger partial charge in [-0.25, -0.2) is 13.4 Å². The Kier molecular flexibility index (Phi) is 7.02. The minimum Gasteiger partial charge on any atom is -0.347 e. The second-order valence-electron chi connectivity index (χ2n) is 6.69. The highest BCUT2D eigenvalue weighted by molar-refractivity contribution is 7.89. The summed E-state index contributed by atoms with van der Waals surface area (Å²) in [5, 5.41) is 3.74. The van der Waals surface area contributed by atoms with E-state index >= 15 is 0 Å². The maximum Gasteiger partial charge on any atom is 0.263 e. The van der Waals surface area contributed by atoms with E-state index in [1.807, 2.05) is 51.1 Å². The first kappa shape index (κ1) is 22.1. The molecule has 158 valence electrons. The van der Waals surface area contributed by atoms with Crippen molar-refractivity contribution in [2.24, 2.45) is 0 Å². The molecule has 0 spiro atoms. The van der Waals surface area contributed by atoms with E-state index in [1.54, 1.807) is 24.3 Å². The third kappa shape index (κ3) is 4.77. The molecule has 0 aliphatic rings.